The van der Waals surface area contributed by atoms with Crippen LogP contribution in [-0.4, -0.2) is 95.2 Å². The van der Waals surface area contributed by atoms with E-state index in [0.29, 0.717) is 32.7 Å². The molecule has 1 aromatic heterocycles. The summed E-state index contributed by atoms with van der Waals surface area (Å²) in [5.41, 5.74) is 7.52. The monoisotopic (exact) mass is 776 g/mol. The summed E-state index contributed by atoms with van der Waals surface area (Å²) in [6.45, 7) is 11.6. The van der Waals surface area contributed by atoms with Gasteiger partial charge in [-0.1, -0.05) is 32.0 Å². The summed E-state index contributed by atoms with van der Waals surface area (Å²) in [5.74, 6) is 1.52. The molecule has 2 saturated heterocycles. The average Bonchev–Trinajstić information content (AvgIpc) is 4.01. The van der Waals surface area contributed by atoms with Crippen LogP contribution in [0.2, 0.25) is 0 Å². The number of aromatic nitrogens is 2. The molecular formula is C44H52N6O7. The molecule has 3 aromatic carbocycles. The van der Waals surface area contributed by atoms with Gasteiger partial charge in [0, 0.05) is 43.8 Å². The third-order valence-corrected chi connectivity index (χ3v) is 11.6. The van der Waals surface area contributed by atoms with Crippen molar-refractivity contribution in [3.05, 3.63) is 65.6 Å². The van der Waals surface area contributed by atoms with Crippen LogP contribution in [0.5, 0.6) is 5.75 Å². The molecule has 4 aliphatic heterocycles. The lowest BCUT2D eigenvalue weighted by atomic mass is 9.90. The maximum Gasteiger partial charge on any atom is 0.410 e. The molecule has 57 heavy (non-hydrogen) atoms. The van der Waals surface area contributed by atoms with E-state index in [2.05, 4.69) is 52.8 Å². The van der Waals surface area contributed by atoms with E-state index in [1.54, 1.807) is 7.11 Å². The predicted molar refractivity (Wildman–Crippen MR) is 217 cm³/mol. The number of H-pyrrole nitrogens is 1. The zero-order valence-corrected chi connectivity index (χ0v) is 33.8. The molecule has 0 spiro atoms. The number of nitrogens with one attached hydrogen (secondary N) is 2. The number of benzene rings is 3. The molecule has 3 amide bonds. The number of hydrogen-bond donors (Lipinski definition) is 2. The highest BCUT2D eigenvalue weighted by atomic mass is 16.6. The van der Waals surface area contributed by atoms with Crippen LogP contribution < -0.4 is 10.1 Å². The number of carbonyl (C=O) groups is 3. The van der Waals surface area contributed by atoms with Crippen molar-refractivity contribution in [1.82, 2.24) is 25.1 Å². The Bertz CT molecular complexity index is 2260. The summed E-state index contributed by atoms with van der Waals surface area (Å²) in [7, 11) is 2.99. The number of hydrogen-bond acceptors (Lipinski definition) is 9. The van der Waals surface area contributed by atoms with E-state index in [1.807, 2.05) is 50.6 Å². The highest BCUT2D eigenvalue weighted by Gasteiger charge is 2.42. The summed E-state index contributed by atoms with van der Waals surface area (Å²) >= 11 is 0. The van der Waals surface area contributed by atoms with Crippen LogP contribution in [0.25, 0.3) is 33.2 Å². The zero-order valence-electron chi connectivity index (χ0n) is 33.8. The Kier molecular flexibility index (Phi) is 10.2. The number of methoxy groups -OCH3 is 2. The Morgan fingerprint density at radius 1 is 1.04 bits per heavy atom. The number of fused-ring (bicyclic) bond motifs is 6. The molecule has 2 fully saturated rings. The van der Waals surface area contributed by atoms with Crippen LogP contribution >= 0.6 is 0 Å². The Morgan fingerprint density at radius 3 is 2.61 bits per heavy atom. The molecule has 4 aromatic rings. The first kappa shape index (κ1) is 38.4. The molecule has 4 atom stereocenters. The third kappa shape index (κ3) is 7.45. The molecule has 0 saturated carbocycles. The van der Waals surface area contributed by atoms with Gasteiger partial charge in [0.1, 0.15) is 29.8 Å². The number of likely N-dealkylation sites (tertiary alicyclic amines) is 2. The topological polar surface area (TPSA) is 148 Å². The number of amides is 3. The van der Waals surface area contributed by atoms with Gasteiger partial charge in [-0.25, -0.2) is 14.6 Å². The molecule has 0 aliphatic carbocycles. The average molecular weight is 777 g/mol. The van der Waals surface area contributed by atoms with Crippen molar-refractivity contribution in [3.8, 4) is 28.1 Å². The van der Waals surface area contributed by atoms with Gasteiger partial charge in [0.25, 0.3) is 0 Å². The lowest BCUT2D eigenvalue weighted by molar-refractivity contribution is -0.135. The number of ether oxygens (including phenoxy) is 4. The number of aliphatic imine (C=N–C) groups is 1. The SMILES string of the molecule is COC[C@@H]1C[C@@H](C2=Nc3ccc4cc5c(cc4c3C2)OCc2cc(-c3cnc([C@@H]4CCCN4C(=O)[C@@H](NC(=O)OC)C(C)C)[nH]3)ccc2-5)N(C(=O)OC(C)(C)C)C1. The van der Waals surface area contributed by atoms with Crippen molar-refractivity contribution < 1.29 is 33.3 Å². The normalized spacial score (nSPS) is 20.5. The Balaban J connectivity index is 1.01. The fourth-order valence-corrected chi connectivity index (χ4v) is 8.85. The number of imidazole rings is 1. The largest absolute Gasteiger partial charge is 0.488 e. The van der Waals surface area contributed by atoms with E-state index in [1.165, 1.54) is 7.11 Å². The highest BCUT2D eigenvalue weighted by Crippen LogP contribution is 2.45. The standard InChI is InChI=1S/C44H52N6O7/c1-24(2)39(48-42(52)55-7)41(51)49-14-8-9-36(49)40-45-20-35(47-40)27-10-12-29-28(16-27)23-56-38-19-30-26(17-32(29)38)11-13-33-31(30)18-34(46-33)37-15-25(22-54-6)21-50(37)43(53)57-44(3,4)5/h10-13,16-17,19-20,24-25,36-37,39H,8-9,14-15,18,21-23H2,1-7H3,(H,45,47)(H,48,52)/t25-,36+,37+,39+/m1/s1. The van der Waals surface area contributed by atoms with Crippen molar-refractivity contribution in [2.24, 2.45) is 16.8 Å². The zero-order chi connectivity index (χ0) is 40.2. The van der Waals surface area contributed by atoms with Crippen LogP contribution in [0.15, 0.2) is 53.7 Å². The smallest absolute Gasteiger partial charge is 0.410 e. The van der Waals surface area contributed by atoms with E-state index in [0.717, 1.165) is 86.5 Å². The van der Waals surface area contributed by atoms with Crippen molar-refractivity contribution >= 4 is 40.3 Å². The number of carbonyl (C=O) groups excluding carboxylic acids is 3. The summed E-state index contributed by atoms with van der Waals surface area (Å²) in [6.07, 6.45) is 3.94. The van der Waals surface area contributed by atoms with Gasteiger partial charge < -0.3 is 34.1 Å². The number of rotatable bonds is 8. The first-order valence-corrected chi connectivity index (χ1v) is 19.9. The van der Waals surface area contributed by atoms with Gasteiger partial charge in [0.15, 0.2) is 0 Å². The lowest BCUT2D eigenvalue weighted by Crippen LogP contribution is -2.51. The quantitative estimate of drug-likeness (QED) is 0.185. The van der Waals surface area contributed by atoms with Gasteiger partial charge in [-0.15, -0.1) is 0 Å². The van der Waals surface area contributed by atoms with Gasteiger partial charge in [-0.05, 0) is 103 Å². The molecule has 13 heteroatoms. The van der Waals surface area contributed by atoms with Crippen molar-refractivity contribution in [2.45, 2.75) is 90.6 Å². The number of alkyl carbamates (subject to hydrolysis) is 1. The second-order valence-electron chi connectivity index (χ2n) is 17.0. The minimum atomic E-state index is -0.692. The Morgan fingerprint density at radius 2 is 1.86 bits per heavy atom. The fourth-order valence-electron chi connectivity index (χ4n) is 8.85. The molecule has 13 nitrogen and oxygen atoms in total. The number of nitrogens with zero attached hydrogens (tertiary/aromatic N) is 4. The molecule has 2 N–H and O–H groups in total. The van der Waals surface area contributed by atoms with Gasteiger partial charge in [-0.3, -0.25) is 14.7 Å². The second kappa shape index (κ2) is 15.1. The van der Waals surface area contributed by atoms with E-state index in [-0.39, 0.29) is 35.9 Å². The Labute approximate surface area is 333 Å². The molecule has 5 heterocycles. The van der Waals surface area contributed by atoms with Crippen LogP contribution in [0.3, 0.4) is 0 Å². The fraction of sp³-hybridized carbons (Fsp3) is 0.477. The lowest BCUT2D eigenvalue weighted by Gasteiger charge is -2.30. The van der Waals surface area contributed by atoms with E-state index >= 15 is 0 Å². The molecule has 300 valence electrons. The van der Waals surface area contributed by atoms with E-state index in [4.69, 9.17) is 28.9 Å². The van der Waals surface area contributed by atoms with Crippen molar-refractivity contribution in [1.29, 1.82) is 0 Å². The van der Waals surface area contributed by atoms with Crippen LogP contribution in [-0.2, 0) is 32.0 Å². The van der Waals surface area contributed by atoms with Crippen LogP contribution in [0, 0.1) is 11.8 Å². The summed E-state index contributed by atoms with van der Waals surface area (Å²) in [4.78, 5) is 56.0. The first-order valence-electron chi connectivity index (χ1n) is 19.9. The van der Waals surface area contributed by atoms with Gasteiger partial charge in [0.05, 0.1) is 43.4 Å². The van der Waals surface area contributed by atoms with Gasteiger partial charge in [-0.2, -0.15) is 0 Å². The molecule has 0 bridgehead atoms. The minimum Gasteiger partial charge on any atom is -0.488 e. The Hall–Kier alpha value is -5.43. The highest BCUT2D eigenvalue weighted by molar-refractivity contribution is 6.06. The third-order valence-electron chi connectivity index (χ3n) is 11.6. The first-order chi connectivity index (χ1) is 27.3. The molecule has 0 unspecified atom stereocenters. The van der Waals surface area contributed by atoms with Crippen molar-refractivity contribution in [2.75, 3.05) is 33.9 Å². The van der Waals surface area contributed by atoms with E-state index in [9.17, 15) is 14.4 Å². The molecule has 4 aliphatic rings. The molecule has 8 rings (SSSR count). The summed E-state index contributed by atoms with van der Waals surface area (Å²) < 4.78 is 22.5. The minimum absolute atomic E-state index is 0.108. The predicted octanol–water partition coefficient (Wildman–Crippen LogP) is 7.73. The van der Waals surface area contributed by atoms with Gasteiger partial charge >= 0.3 is 12.2 Å². The molecular weight excluding hydrogens is 725 g/mol. The maximum absolute atomic E-state index is 13.6. The van der Waals surface area contributed by atoms with Crippen LogP contribution in [0.4, 0.5) is 15.3 Å². The van der Waals surface area contributed by atoms with Gasteiger partial charge in [0.2, 0.25) is 5.91 Å². The number of aromatic amines is 1. The van der Waals surface area contributed by atoms with Crippen LogP contribution in [0.1, 0.15) is 76.9 Å². The summed E-state index contributed by atoms with van der Waals surface area (Å²) in [6, 6.07) is 13.9. The maximum atomic E-state index is 13.6. The van der Waals surface area contributed by atoms with Crippen molar-refractivity contribution in [3.63, 3.8) is 0 Å². The second-order valence-corrected chi connectivity index (χ2v) is 17.0. The van der Waals surface area contributed by atoms with E-state index < -0.39 is 17.7 Å². The molecule has 0 radical (unpaired) electrons. The summed E-state index contributed by atoms with van der Waals surface area (Å²) in [5, 5.41) is 4.92.